The molecule has 0 saturated heterocycles. The second-order valence-electron chi connectivity index (χ2n) is 4.52. The second-order valence-corrected chi connectivity index (χ2v) is 4.93. The van der Waals surface area contributed by atoms with Crippen LogP contribution in [0.15, 0.2) is 30.6 Å². The Kier molecular flexibility index (Phi) is 3.40. The molecule has 0 fully saturated rings. The number of halogens is 1. The number of pyridine rings is 1. The molecule has 4 nitrogen and oxygen atoms in total. The van der Waals surface area contributed by atoms with Gasteiger partial charge in [0, 0.05) is 18.2 Å². The van der Waals surface area contributed by atoms with Gasteiger partial charge in [-0.1, -0.05) is 17.7 Å². The molecule has 2 heterocycles. The molecule has 20 heavy (non-hydrogen) atoms. The molecule has 3 rings (SSSR count). The van der Waals surface area contributed by atoms with E-state index in [4.69, 9.17) is 25.8 Å². The van der Waals surface area contributed by atoms with Crippen LogP contribution in [-0.4, -0.2) is 19.2 Å². The second kappa shape index (κ2) is 5.21. The van der Waals surface area contributed by atoms with Crippen molar-refractivity contribution in [3.8, 4) is 17.2 Å². The first-order valence-corrected chi connectivity index (χ1v) is 6.61. The highest BCUT2D eigenvalue weighted by molar-refractivity contribution is 6.31. The van der Waals surface area contributed by atoms with E-state index >= 15 is 0 Å². The van der Waals surface area contributed by atoms with E-state index in [0.717, 1.165) is 23.3 Å². The van der Waals surface area contributed by atoms with Gasteiger partial charge in [0.2, 0.25) is 0 Å². The highest BCUT2D eigenvalue weighted by Crippen LogP contribution is 2.41. The van der Waals surface area contributed by atoms with E-state index < -0.39 is 0 Å². The number of ether oxygens (including phenoxy) is 3. The molecule has 0 spiro atoms. The number of benzene rings is 1. The van der Waals surface area contributed by atoms with Crippen molar-refractivity contribution in [2.75, 3.05) is 14.2 Å². The molecule has 2 aromatic rings. The van der Waals surface area contributed by atoms with Gasteiger partial charge in [-0.05, 0) is 17.7 Å². The van der Waals surface area contributed by atoms with E-state index in [-0.39, 0.29) is 6.10 Å². The fourth-order valence-corrected chi connectivity index (χ4v) is 2.59. The average Bonchev–Trinajstić information content (AvgIpc) is 2.92. The number of rotatable bonds is 3. The lowest BCUT2D eigenvalue weighted by Gasteiger charge is -2.14. The van der Waals surface area contributed by atoms with Gasteiger partial charge in [-0.3, -0.25) is 4.98 Å². The van der Waals surface area contributed by atoms with Crippen LogP contribution >= 0.6 is 11.6 Å². The fraction of sp³-hybridized carbons (Fsp3) is 0.267. The van der Waals surface area contributed by atoms with Gasteiger partial charge in [-0.25, -0.2) is 0 Å². The van der Waals surface area contributed by atoms with Gasteiger partial charge in [-0.15, -0.1) is 0 Å². The summed E-state index contributed by atoms with van der Waals surface area (Å²) in [5.41, 5.74) is 2.02. The van der Waals surface area contributed by atoms with Gasteiger partial charge in [0.15, 0.2) is 11.5 Å². The normalized spacial score (nSPS) is 16.4. The Labute approximate surface area is 122 Å². The first kappa shape index (κ1) is 13.1. The predicted octanol–water partition coefficient (Wildman–Crippen LogP) is 3.43. The Balaban J connectivity index is 1.91. The zero-order chi connectivity index (χ0) is 14.1. The van der Waals surface area contributed by atoms with E-state index in [2.05, 4.69) is 4.98 Å². The SMILES string of the molecule is COc1ccc(C2Cc3c(Cl)cncc3O2)cc1OC. The monoisotopic (exact) mass is 291 g/mol. The highest BCUT2D eigenvalue weighted by atomic mass is 35.5. The molecule has 1 aliphatic rings. The molecule has 0 bridgehead atoms. The van der Waals surface area contributed by atoms with Crippen LogP contribution in [-0.2, 0) is 6.42 Å². The number of methoxy groups -OCH3 is 2. The fourth-order valence-electron chi connectivity index (χ4n) is 2.36. The van der Waals surface area contributed by atoms with Gasteiger partial charge in [0.05, 0.1) is 25.4 Å². The van der Waals surface area contributed by atoms with Crippen molar-refractivity contribution < 1.29 is 14.2 Å². The summed E-state index contributed by atoms with van der Waals surface area (Å²) in [6.07, 6.45) is 3.99. The van der Waals surface area contributed by atoms with Crippen LogP contribution in [0.3, 0.4) is 0 Å². The van der Waals surface area contributed by atoms with Crippen LogP contribution in [0.5, 0.6) is 17.2 Å². The number of hydrogen-bond acceptors (Lipinski definition) is 4. The lowest BCUT2D eigenvalue weighted by atomic mass is 10.0. The quantitative estimate of drug-likeness (QED) is 0.869. The molecule has 1 unspecified atom stereocenters. The van der Waals surface area contributed by atoms with Crippen molar-refractivity contribution in [1.82, 2.24) is 4.98 Å². The van der Waals surface area contributed by atoms with Gasteiger partial charge >= 0.3 is 0 Å². The summed E-state index contributed by atoms with van der Waals surface area (Å²) in [5, 5.41) is 0.644. The summed E-state index contributed by atoms with van der Waals surface area (Å²) in [6, 6.07) is 5.77. The molecular weight excluding hydrogens is 278 g/mol. The summed E-state index contributed by atoms with van der Waals surface area (Å²) in [5.74, 6) is 2.14. The highest BCUT2D eigenvalue weighted by Gasteiger charge is 2.27. The Bertz CT molecular complexity index is 645. The number of fused-ring (bicyclic) bond motifs is 1. The summed E-state index contributed by atoms with van der Waals surface area (Å²) < 4.78 is 16.5. The Hall–Kier alpha value is -1.94. The van der Waals surface area contributed by atoms with Crippen LogP contribution in [0.25, 0.3) is 0 Å². The molecule has 0 amide bonds. The van der Waals surface area contributed by atoms with Crippen LogP contribution in [0.4, 0.5) is 0 Å². The third-order valence-electron chi connectivity index (χ3n) is 3.40. The number of aromatic nitrogens is 1. The van der Waals surface area contributed by atoms with Crippen molar-refractivity contribution in [3.05, 3.63) is 46.7 Å². The van der Waals surface area contributed by atoms with Crippen molar-refractivity contribution in [2.45, 2.75) is 12.5 Å². The predicted molar refractivity (Wildman–Crippen MR) is 75.9 cm³/mol. The summed E-state index contributed by atoms with van der Waals surface area (Å²) in [4.78, 5) is 4.04. The third-order valence-corrected chi connectivity index (χ3v) is 3.73. The summed E-state index contributed by atoms with van der Waals surface area (Å²) in [6.45, 7) is 0. The third kappa shape index (κ3) is 2.16. The Morgan fingerprint density at radius 2 is 2.00 bits per heavy atom. The molecule has 1 aliphatic heterocycles. The summed E-state index contributed by atoms with van der Waals surface area (Å²) >= 11 is 6.14. The molecule has 1 aromatic carbocycles. The summed E-state index contributed by atoms with van der Waals surface area (Å²) in [7, 11) is 3.23. The molecule has 5 heteroatoms. The zero-order valence-corrected chi connectivity index (χ0v) is 12.0. The molecule has 104 valence electrons. The van der Waals surface area contributed by atoms with Crippen molar-refractivity contribution >= 4 is 11.6 Å². The van der Waals surface area contributed by atoms with Gasteiger partial charge in [0.25, 0.3) is 0 Å². The van der Waals surface area contributed by atoms with Crippen LogP contribution < -0.4 is 14.2 Å². The van der Waals surface area contributed by atoms with Crippen LogP contribution in [0.1, 0.15) is 17.2 Å². The van der Waals surface area contributed by atoms with Gasteiger partial charge < -0.3 is 14.2 Å². The van der Waals surface area contributed by atoms with E-state index in [1.54, 1.807) is 26.6 Å². The number of hydrogen-bond donors (Lipinski definition) is 0. The lowest BCUT2D eigenvalue weighted by molar-refractivity contribution is 0.237. The van der Waals surface area contributed by atoms with Crippen molar-refractivity contribution in [3.63, 3.8) is 0 Å². The lowest BCUT2D eigenvalue weighted by Crippen LogP contribution is -2.04. The first-order chi connectivity index (χ1) is 9.72. The Morgan fingerprint density at radius 3 is 2.70 bits per heavy atom. The largest absolute Gasteiger partial charge is 0.493 e. The maximum Gasteiger partial charge on any atom is 0.161 e. The standard InChI is InChI=1S/C15H14ClNO3/c1-18-12-4-3-9(5-14(12)19-2)13-6-10-11(16)7-17-8-15(10)20-13/h3-5,7-8,13H,6H2,1-2H3. The van der Waals surface area contributed by atoms with E-state index in [9.17, 15) is 0 Å². The van der Waals surface area contributed by atoms with E-state index in [1.807, 2.05) is 18.2 Å². The molecular formula is C15H14ClNO3. The van der Waals surface area contributed by atoms with Crippen LogP contribution in [0, 0.1) is 0 Å². The van der Waals surface area contributed by atoms with Crippen molar-refractivity contribution in [2.24, 2.45) is 0 Å². The molecule has 0 aliphatic carbocycles. The number of nitrogens with zero attached hydrogens (tertiary/aromatic N) is 1. The molecule has 0 saturated carbocycles. The molecule has 1 atom stereocenters. The Morgan fingerprint density at radius 1 is 1.20 bits per heavy atom. The molecule has 0 N–H and O–H groups in total. The maximum absolute atomic E-state index is 6.14. The first-order valence-electron chi connectivity index (χ1n) is 6.24. The van der Waals surface area contributed by atoms with Gasteiger partial charge in [0.1, 0.15) is 11.9 Å². The minimum Gasteiger partial charge on any atom is -0.493 e. The minimum absolute atomic E-state index is 0.0773. The maximum atomic E-state index is 6.14. The molecule has 1 aromatic heterocycles. The van der Waals surface area contributed by atoms with Crippen molar-refractivity contribution in [1.29, 1.82) is 0 Å². The average molecular weight is 292 g/mol. The van der Waals surface area contributed by atoms with Gasteiger partial charge in [-0.2, -0.15) is 0 Å². The zero-order valence-electron chi connectivity index (χ0n) is 11.2. The van der Waals surface area contributed by atoms with E-state index in [1.165, 1.54) is 0 Å². The minimum atomic E-state index is -0.0773. The topological polar surface area (TPSA) is 40.6 Å². The van der Waals surface area contributed by atoms with E-state index in [0.29, 0.717) is 16.5 Å². The smallest absolute Gasteiger partial charge is 0.161 e. The van der Waals surface area contributed by atoms with Crippen LogP contribution in [0.2, 0.25) is 5.02 Å². The molecule has 0 radical (unpaired) electrons.